The summed E-state index contributed by atoms with van der Waals surface area (Å²) in [6, 6.07) is 15.4. The van der Waals surface area contributed by atoms with Crippen LogP contribution in [0.25, 0.3) is 16.7 Å². The molecule has 0 N–H and O–H groups in total. The molecule has 0 radical (unpaired) electrons. The van der Waals surface area contributed by atoms with Crippen LogP contribution in [0.5, 0.6) is 11.5 Å². The van der Waals surface area contributed by atoms with Crippen molar-refractivity contribution in [3.63, 3.8) is 0 Å². The number of hydrogen-bond donors (Lipinski definition) is 0. The molecule has 0 atom stereocenters. The van der Waals surface area contributed by atoms with E-state index in [4.69, 9.17) is 14.2 Å². The van der Waals surface area contributed by atoms with Gasteiger partial charge in [0.05, 0.1) is 44.5 Å². The largest absolute Gasteiger partial charge is 0.497 e. The molecule has 4 aromatic rings. The van der Waals surface area contributed by atoms with Gasteiger partial charge in [-0.25, -0.2) is 19.1 Å². The molecule has 9 heteroatoms. The van der Waals surface area contributed by atoms with E-state index in [-0.39, 0.29) is 23.1 Å². The van der Waals surface area contributed by atoms with Crippen molar-refractivity contribution in [2.75, 3.05) is 21.3 Å². The topological polar surface area (TPSA) is 102 Å². The molecule has 9 nitrogen and oxygen atoms in total. The Bertz CT molecular complexity index is 1500. The maximum atomic E-state index is 13.8. The third-order valence-corrected chi connectivity index (χ3v) is 5.45. The van der Waals surface area contributed by atoms with Gasteiger partial charge in [0.15, 0.2) is 5.65 Å². The number of aromatic nitrogens is 3. The Morgan fingerprint density at radius 3 is 2.32 bits per heavy atom. The van der Waals surface area contributed by atoms with Crippen LogP contribution in [0.2, 0.25) is 0 Å². The highest BCUT2D eigenvalue weighted by molar-refractivity contribution is 6.02. The second-order valence-corrected chi connectivity index (χ2v) is 7.53. The molecule has 2 aromatic carbocycles. The minimum atomic E-state index is -0.700. The van der Waals surface area contributed by atoms with Gasteiger partial charge < -0.3 is 14.2 Å². The number of para-hydroxylation sites is 2. The number of fused-ring (bicyclic) bond motifs is 1. The van der Waals surface area contributed by atoms with E-state index in [1.54, 1.807) is 62.6 Å². The summed E-state index contributed by atoms with van der Waals surface area (Å²) < 4.78 is 17.9. The van der Waals surface area contributed by atoms with E-state index in [1.807, 2.05) is 0 Å². The number of carbonyl (C=O) groups excluding carboxylic acids is 1. The Labute approximate surface area is 194 Å². The van der Waals surface area contributed by atoms with E-state index in [2.05, 4.69) is 4.98 Å². The third kappa shape index (κ3) is 3.92. The van der Waals surface area contributed by atoms with Crippen LogP contribution in [0, 0.1) is 6.92 Å². The summed E-state index contributed by atoms with van der Waals surface area (Å²) in [4.78, 5) is 44.4. The molecule has 174 valence electrons. The van der Waals surface area contributed by atoms with E-state index in [1.165, 1.54) is 24.9 Å². The van der Waals surface area contributed by atoms with Gasteiger partial charge in [-0.2, -0.15) is 0 Å². The summed E-state index contributed by atoms with van der Waals surface area (Å²) in [6.45, 7) is 1.65. The summed E-state index contributed by atoms with van der Waals surface area (Å²) in [5.74, 6) is 0.353. The number of pyridine rings is 1. The Morgan fingerprint density at radius 2 is 1.68 bits per heavy atom. The van der Waals surface area contributed by atoms with Gasteiger partial charge in [0, 0.05) is 5.69 Å². The fourth-order valence-electron chi connectivity index (χ4n) is 3.82. The number of hydrogen-bond acceptors (Lipinski definition) is 7. The highest BCUT2D eigenvalue weighted by Gasteiger charge is 2.24. The molecule has 2 aromatic heterocycles. The highest BCUT2D eigenvalue weighted by atomic mass is 16.5. The molecular weight excluding hydrogens is 438 g/mol. The fourth-order valence-corrected chi connectivity index (χ4v) is 3.82. The smallest absolute Gasteiger partial charge is 0.338 e. The first-order valence-electron chi connectivity index (χ1n) is 10.4. The van der Waals surface area contributed by atoms with Gasteiger partial charge in [0.25, 0.3) is 5.56 Å². The molecule has 4 rings (SSSR count). The van der Waals surface area contributed by atoms with E-state index >= 15 is 0 Å². The van der Waals surface area contributed by atoms with Gasteiger partial charge in [-0.3, -0.25) is 9.36 Å². The van der Waals surface area contributed by atoms with Crippen LogP contribution < -0.4 is 20.7 Å². The van der Waals surface area contributed by atoms with Gasteiger partial charge in [0.2, 0.25) is 0 Å². The first kappa shape index (κ1) is 22.8. The zero-order valence-electron chi connectivity index (χ0n) is 19.2. The molecule has 0 aliphatic rings. The molecule has 0 aliphatic carbocycles. The number of ether oxygens (including phenoxy) is 3. The van der Waals surface area contributed by atoms with Crippen molar-refractivity contribution in [2.24, 2.45) is 0 Å². The van der Waals surface area contributed by atoms with Crippen molar-refractivity contribution in [1.29, 1.82) is 0 Å². The average molecular weight is 461 g/mol. The number of aryl methyl sites for hydroxylation is 1. The zero-order valence-corrected chi connectivity index (χ0v) is 19.2. The van der Waals surface area contributed by atoms with Crippen LogP contribution in [0.1, 0.15) is 21.6 Å². The Morgan fingerprint density at radius 1 is 0.971 bits per heavy atom. The summed E-state index contributed by atoms with van der Waals surface area (Å²) in [6.07, 6.45) is 0. The number of methoxy groups -OCH3 is 3. The molecule has 0 aliphatic heterocycles. The van der Waals surface area contributed by atoms with E-state index in [0.717, 1.165) is 4.57 Å². The summed E-state index contributed by atoms with van der Waals surface area (Å²) in [7, 11) is 4.27. The average Bonchev–Trinajstić information content (AvgIpc) is 2.86. The quantitative estimate of drug-likeness (QED) is 0.407. The monoisotopic (exact) mass is 461 g/mol. The molecular formula is C25H23N3O6. The van der Waals surface area contributed by atoms with Gasteiger partial charge in [0.1, 0.15) is 11.5 Å². The third-order valence-electron chi connectivity index (χ3n) is 5.45. The molecule has 0 unspecified atom stereocenters. The van der Waals surface area contributed by atoms with Crippen LogP contribution in [0.4, 0.5) is 0 Å². The van der Waals surface area contributed by atoms with E-state index < -0.39 is 17.2 Å². The van der Waals surface area contributed by atoms with Gasteiger partial charge in [-0.15, -0.1) is 0 Å². The predicted molar refractivity (Wildman–Crippen MR) is 126 cm³/mol. The maximum Gasteiger partial charge on any atom is 0.338 e. The summed E-state index contributed by atoms with van der Waals surface area (Å²) >= 11 is 0. The van der Waals surface area contributed by atoms with Crippen LogP contribution in [-0.2, 0) is 11.3 Å². The van der Waals surface area contributed by atoms with Gasteiger partial charge in [-0.1, -0.05) is 24.3 Å². The Hall–Kier alpha value is -4.40. The van der Waals surface area contributed by atoms with Gasteiger partial charge in [-0.05, 0) is 42.8 Å². The van der Waals surface area contributed by atoms with Crippen molar-refractivity contribution in [1.82, 2.24) is 14.1 Å². The van der Waals surface area contributed by atoms with Crippen molar-refractivity contribution >= 4 is 17.0 Å². The standard InChI is InChI=1S/C25H23N3O6/c1-15-13-18(24(30)34-4)21-22(26-15)28(19-7-5-6-8-20(19)33-3)25(31)27(23(21)29)14-16-9-11-17(32-2)12-10-16/h5-13H,14H2,1-4H3. The number of carbonyl (C=O) groups is 1. The molecule has 0 saturated heterocycles. The lowest BCUT2D eigenvalue weighted by Gasteiger charge is -2.17. The lowest BCUT2D eigenvalue weighted by Crippen LogP contribution is -2.41. The molecule has 0 spiro atoms. The first-order valence-corrected chi connectivity index (χ1v) is 10.4. The van der Waals surface area contributed by atoms with Crippen molar-refractivity contribution < 1.29 is 19.0 Å². The predicted octanol–water partition coefficient (Wildman–Crippen LogP) is 2.71. The number of nitrogens with zero attached hydrogens (tertiary/aromatic N) is 3. The minimum absolute atomic E-state index is 0.0172. The second kappa shape index (κ2) is 9.22. The lowest BCUT2D eigenvalue weighted by atomic mass is 10.1. The van der Waals surface area contributed by atoms with Crippen molar-refractivity contribution in [3.8, 4) is 17.2 Å². The van der Waals surface area contributed by atoms with Crippen LogP contribution in [0.3, 0.4) is 0 Å². The van der Waals surface area contributed by atoms with Crippen LogP contribution in [0.15, 0.2) is 64.2 Å². The maximum absolute atomic E-state index is 13.8. The summed E-state index contributed by atoms with van der Waals surface area (Å²) in [5.41, 5.74) is 0.348. The first-order chi connectivity index (χ1) is 16.4. The normalized spacial score (nSPS) is 10.8. The molecule has 0 amide bonds. The van der Waals surface area contributed by atoms with Crippen LogP contribution in [-0.4, -0.2) is 41.4 Å². The SMILES string of the molecule is COC(=O)c1cc(C)nc2c1c(=O)n(Cc1ccc(OC)cc1)c(=O)n2-c1ccccc1OC. The summed E-state index contributed by atoms with van der Waals surface area (Å²) in [5, 5.41) is -0.0172. The van der Waals surface area contributed by atoms with Gasteiger partial charge >= 0.3 is 11.7 Å². The van der Waals surface area contributed by atoms with Crippen molar-refractivity contribution in [3.05, 3.63) is 92.3 Å². The minimum Gasteiger partial charge on any atom is -0.497 e. The van der Waals surface area contributed by atoms with E-state index in [9.17, 15) is 14.4 Å². The molecule has 0 bridgehead atoms. The number of benzene rings is 2. The Kier molecular flexibility index (Phi) is 6.18. The van der Waals surface area contributed by atoms with Crippen LogP contribution >= 0.6 is 0 Å². The highest BCUT2D eigenvalue weighted by Crippen LogP contribution is 2.25. The molecule has 0 fully saturated rings. The molecule has 2 heterocycles. The number of esters is 1. The number of rotatable bonds is 6. The zero-order chi connectivity index (χ0) is 24.4. The Balaban J connectivity index is 2.12. The van der Waals surface area contributed by atoms with Crippen molar-refractivity contribution in [2.45, 2.75) is 13.5 Å². The second-order valence-electron chi connectivity index (χ2n) is 7.53. The molecule has 0 saturated carbocycles. The van der Waals surface area contributed by atoms with E-state index in [0.29, 0.717) is 28.4 Å². The molecule has 34 heavy (non-hydrogen) atoms. The fraction of sp³-hybridized carbons (Fsp3) is 0.200. The lowest BCUT2D eigenvalue weighted by molar-refractivity contribution is 0.0602.